The summed E-state index contributed by atoms with van der Waals surface area (Å²) in [5.74, 6) is -0.372. The summed E-state index contributed by atoms with van der Waals surface area (Å²) in [7, 11) is 0. The Morgan fingerprint density at radius 1 is 1.55 bits per heavy atom. The molecule has 0 spiro atoms. The van der Waals surface area contributed by atoms with Gasteiger partial charge in [0.25, 0.3) is 5.91 Å². The molecule has 1 amide bonds. The van der Waals surface area contributed by atoms with Crippen molar-refractivity contribution >= 4 is 23.0 Å². The molecular weight excluding hydrogens is 280 g/mol. The van der Waals surface area contributed by atoms with Crippen LogP contribution < -0.4 is 5.32 Å². The van der Waals surface area contributed by atoms with Crippen molar-refractivity contribution in [3.05, 3.63) is 35.7 Å². The van der Waals surface area contributed by atoms with Crippen molar-refractivity contribution in [1.29, 1.82) is 5.26 Å². The van der Waals surface area contributed by atoms with Gasteiger partial charge in [0.2, 0.25) is 0 Å². The average Bonchev–Trinajstić information content (AvgIpc) is 2.99. The van der Waals surface area contributed by atoms with Gasteiger partial charge in [-0.05, 0) is 37.1 Å². The van der Waals surface area contributed by atoms with Gasteiger partial charge < -0.3 is 15.0 Å². The molecule has 1 aromatic carbocycles. The van der Waals surface area contributed by atoms with Gasteiger partial charge in [-0.1, -0.05) is 6.07 Å². The zero-order valence-electron chi connectivity index (χ0n) is 12.4. The van der Waals surface area contributed by atoms with Gasteiger partial charge in [-0.2, -0.15) is 5.26 Å². The van der Waals surface area contributed by atoms with Crippen molar-refractivity contribution < 1.29 is 9.53 Å². The average molecular weight is 298 g/mol. The fourth-order valence-corrected chi connectivity index (χ4v) is 1.97. The third kappa shape index (κ3) is 4.17. The Kier molecular flexibility index (Phi) is 5.69. The van der Waals surface area contributed by atoms with Crippen molar-refractivity contribution in [2.45, 2.75) is 13.3 Å². The maximum atomic E-state index is 12.0. The smallest absolute Gasteiger partial charge is 0.261 e. The summed E-state index contributed by atoms with van der Waals surface area (Å²) in [4.78, 5) is 19.1. The zero-order chi connectivity index (χ0) is 15.8. The van der Waals surface area contributed by atoms with E-state index in [1.165, 1.54) is 0 Å². The van der Waals surface area contributed by atoms with Crippen LogP contribution in [0.1, 0.15) is 18.9 Å². The Morgan fingerprint density at radius 2 is 2.41 bits per heavy atom. The summed E-state index contributed by atoms with van der Waals surface area (Å²) >= 11 is 0. The largest absolute Gasteiger partial charge is 0.382 e. The van der Waals surface area contributed by atoms with Gasteiger partial charge in [0.1, 0.15) is 11.6 Å². The van der Waals surface area contributed by atoms with Crippen molar-refractivity contribution in [1.82, 2.24) is 15.3 Å². The first-order chi connectivity index (χ1) is 10.7. The standard InChI is InChI=1S/C16H18N4O2/c1-2-22-7-3-6-18-16(21)13(10-17)8-12-4-5-14-15(9-12)20-11-19-14/h4-5,8-9,11H,2-3,6-7H2,1H3,(H,18,21)(H,19,20)/b13-8+. The molecule has 2 aromatic rings. The van der Waals surface area contributed by atoms with E-state index in [4.69, 9.17) is 10.00 Å². The summed E-state index contributed by atoms with van der Waals surface area (Å²) < 4.78 is 5.19. The van der Waals surface area contributed by atoms with Gasteiger partial charge in [-0.25, -0.2) is 4.98 Å². The number of fused-ring (bicyclic) bond motifs is 1. The minimum atomic E-state index is -0.372. The fraction of sp³-hybridized carbons (Fsp3) is 0.312. The number of carbonyl (C=O) groups is 1. The molecule has 2 rings (SSSR count). The van der Waals surface area contributed by atoms with Crippen LogP contribution in [0.25, 0.3) is 17.1 Å². The van der Waals surface area contributed by atoms with Crippen LogP contribution >= 0.6 is 0 Å². The normalized spacial score (nSPS) is 11.4. The first kappa shape index (κ1) is 15.7. The number of aromatic nitrogens is 2. The zero-order valence-corrected chi connectivity index (χ0v) is 12.4. The third-order valence-corrected chi connectivity index (χ3v) is 3.08. The van der Waals surface area contributed by atoms with E-state index in [1.807, 2.05) is 31.2 Å². The first-order valence-corrected chi connectivity index (χ1v) is 7.15. The second-order valence-corrected chi connectivity index (χ2v) is 4.66. The highest BCUT2D eigenvalue weighted by Gasteiger charge is 2.08. The Hall–Kier alpha value is -2.65. The van der Waals surface area contributed by atoms with Crippen LogP contribution in [0.15, 0.2) is 30.1 Å². The molecule has 0 saturated heterocycles. The highest BCUT2D eigenvalue weighted by Crippen LogP contribution is 2.14. The fourth-order valence-electron chi connectivity index (χ4n) is 1.97. The lowest BCUT2D eigenvalue weighted by Crippen LogP contribution is -2.26. The molecule has 0 unspecified atom stereocenters. The number of nitrogens with one attached hydrogen (secondary N) is 2. The molecule has 114 valence electrons. The van der Waals surface area contributed by atoms with Gasteiger partial charge in [-0.3, -0.25) is 4.79 Å². The van der Waals surface area contributed by atoms with E-state index in [2.05, 4.69) is 15.3 Å². The van der Waals surface area contributed by atoms with Crippen LogP contribution in [-0.4, -0.2) is 35.6 Å². The number of nitriles is 1. The maximum Gasteiger partial charge on any atom is 0.261 e. The van der Waals surface area contributed by atoms with Crippen LogP contribution in [0.2, 0.25) is 0 Å². The van der Waals surface area contributed by atoms with E-state index >= 15 is 0 Å². The molecule has 1 aromatic heterocycles. The summed E-state index contributed by atoms with van der Waals surface area (Å²) in [5, 5.41) is 11.9. The van der Waals surface area contributed by atoms with Crippen molar-refractivity contribution in [2.24, 2.45) is 0 Å². The van der Waals surface area contributed by atoms with Crippen LogP contribution in [0.5, 0.6) is 0 Å². The van der Waals surface area contributed by atoms with Crippen LogP contribution in [0.4, 0.5) is 0 Å². The minimum absolute atomic E-state index is 0.0790. The molecule has 0 aliphatic heterocycles. The molecule has 6 heteroatoms. The minimum Gasteiger partial charge on any atom is -0.382 e. The molecule has 0 fully saturated rings. The number of amides is 1. The molecular formula is C16H18N4O2. The summed E-state index contributed by atoms with van der Waals surface area (Å²) in [5.41, 5.74) is 2.56. The molecule has 1 heterocycles. The van der Waals surface area contributed by atoms with Gasteiger partial charge in [-0.15, -0.1) is 0 Å². The Bertz CT molecular complexity index is 712. The number of hydrogen-bond acceptors (Lipinski definition) is 4. The molecule has 22 heavy (non-hydrogen) atoms. The lowest BCUT2D eigenvalue weighted by atomic mass is 10.1. The summed E-state index contributed by atoms with van der Waals surface area (Å²) in [6, 6.07) is 7.45. The Morgan fingerprint density at radius 3 is 3.18 bits per heavy atom. The van der Waals surface area contributed by atoms with E-state index in [0.717, 1.165) is 23.0 Å². The second kappa shape index (κ2) is 7.96. The molecule has 0 bridgehead atoms. The predicted octanol–water partition coefficient (Wildman–Crippen LogP) is 2.01. The summed E-state index contributed by atoms with van der Waals surface area (Å²) in [6.07, 6.45) is 3.89. The molecule has 0 saturated carbocycles. The highest BCUT2D eigenvalue weighted by atomic mass is 16.5. The molecule has 2 N–H and O–H groups in total. The van der Waals surface area contributed by atoms with Crippen LogP contribution in [0, 0.1) is 11.3 Å². The molecule has 6 nitrogen and oxygen atoms in total. The molecule has 0 aliphatic carbocycles. The lowest BCUT2D eigenvalue weighted by molar-refractivity contribution is -0.117. The lowest BCUT2D eigenvalue weighted by Gasteiger charge is -2.04. The van der Waals surface area contributed by atoms with E-state index in [0.29, 0.717) is 19.8 Å². The second-order valence-electron chi connectivity index (χ2n) is 4.66. The molecule has 0 aliphatic rings. The number of ether oxygens (including phenoxy) is 1. The van der Waals surface area contributed by atoms with E-state index in [1.54, 1.807) is 12.4 Å². The third-order valence-electron chi connectivity index (χ3n) is 3.08. The quantitative estimate of drug-likeness (QED) is 0.465. The van der Waals surface area contributed by atoms with Gasteiger partial charge in [0, 0.05) is 19.8 Å². The Balaban J connectivity index is 2.00. The van der Waals surface area contributed by atoms with Gasteiger partial charge in [0.15, 0.2) is 0 Å². The number of hydrogen-bond donors (Lipinski definition) is 2. The van der Waals surface area contributed by atoms with Crippen LogP contribution in [0.3, 0.4) is 0 Å². The van der Waals surface area contributed by atoms with Gasteiger partial charge in [0.05, 0.1) is 17.4 Å². The van der Waals surface area contributed by atoms with E-state index in [9.17, 15) is 4.79 Å². The van der Waals surface area contributed by atoms with Crippen molar-refractivity contribution in [2.75, 3.05) is 19.8 Å². The predicted molar refractivity (Wildman–Crippen MR) is 83.8 cm³/mol. The van der Waals surface area contributed by atoms with Crippen molar-refractivity contribution in [3.8, 4) is 6.07 Å². The summed E-state index contributed by atoms with van der Waals surface area (Å²) in [6.45, 7) is 3.66. The maximum absolute atomic E-state index is 12.0. The number of H-pyrrole nitrogens is 1. The first-order valence-electron chi connectivity index (χ1n) is 7.15. The topological polar surface area (TPSA) is 90.8 Å². The number of nitrogens with zero attached hydrogens (tertiary/aromatic N) is 2. The molecule has 0 radical (unpaired) electrons. The van der Waals surface area contributed by atoms with Crippen LogP contribution in [-0.2, 0) is 9.53 Å². The number of aromatic amines is 1. The number of carbonyl (C=O) groups excluding carboxylic acids is 1. The van der Waals surface area contributed by atoms with E-state index in [-0.39, 0.29) is 11.5 Å². The highest BCUT2D eigenvalue weighted by molar-refractivity contribution is 6.01. The Labute approximate surface area is 128 Å². The number of imidazole rings is 1. The van der Waals surface area contributed by atoms with E-state index < -0.39 is 0 Å². The number of rotatable bonds is 7. The SMILES string of the molecule is CCOCCCNC(=O)/C(C#N)=C/c1ccc2nc[nH]c2c1. The number of benzene rings is 1. The molecule has 0 atom stereocenters. The monoisotopic (exact) mass is 298 g/mol. The van der Waals surface area contributed by atoms with Gasteiger partial charge >= 0.3 is 0 Å². The van der Waals surface area contributed by atoms with Crippen molar-refractivity contribution in [3.63, 3.8) is 0 Å².